The summed E-state index contributed by atoms with van der Waals surface area (Å²) in [6.45, 7) is -0.233. The molecule has 3 rings (SSSR count). The Kier molecular flexibility index (Phi) is 7.58. The Balaban J connectivity index is 1.66. The molecule has 1 heterocycles. The number of alkyl halides is 3. The van der Waals surface area contributed by atoms with Crippen molar-refractivity contribution in [1.82, 2.24) is 10.2 Å². The number of benzene rings is 2. The van der Waals surface area contributed by atoms with Gasteiger partial charge in [0, 0.05) is 25.0 Å². The first-order valence-electron chi connectivity index (χ1n) is 9.79. The van der Waals surface area contributed by atoms with Crippen molar-refractivity contribution in [3.63, 3.8) is 0 Å². The van der Waals surface area contributed by atoms with Crippen LogP contribution in [0.25, 0.3) is 0 Å². The first kappa shape index (κ1) is 26.2. The summed E-state index contributed by atoms with van der Waals surface area (Å²) in [5.74, 6) is -2.41. The number of hydrogen-bond acceptors (Lipinski definition) is 8. The number of nitrogens with zero attached hydrogens (tertiary/aromatic N) is 3. The highest BCUT2D eigenvalue weighted by Gasteiger charge is 2.37. The standard InChI is InChI=1S/C21H15ClF3N5O6/c1-29-9-14(27-17(10-29)21(23,24)25)19(32)36-16-7-6-11(8-13(16)22)26-20(33)28-18(31)12-4-2-3-5-15(12)30(34)35/h2-8,10H,9H2,1H3,(H2,26,28,31,33). The average molecular weight is 526 g/mol. The van der Waals surface area contributed by atoms with Gasteiger partial charge < -0.3 is 15.0 Å². The average Bonchev–Trinajstić information content (AvgIpc) is 2.79. The fourth-order valence-corrected chi connectivity index (χ4v) is 3.14. The van der Waals surface area contributed by atoms with Crippen molar-refractivity contribution in [1.29, 1.82) is 0 Å². The first-order valence-corrected chi connectivity index (χ1v) is 10.2. The molecule has 1 aliphatic heterocycles. The minimum Gasteiger partial charge on any atom is -0.420 e. The van der Waals surface area contributed by atoms with E-state index in [0.717, 1.165) is 29.3 Å². The van der Waals surface area contributed by atoms with Crippen LogP contribution in [-0.2, 0) is 4.79 Å². The molecule has 36 heavy (non-hydrogen) atoms. The van der Waals surface area contributed by atoms with Crippen LogP contribution in [-0.4, -0.2) is 53.2 Å². The summed E-state index contributed by atoms with van der Waals surface area (Å²) in [6, 6.07) is 7.52. The number of rotatable bonds is 5. The van der Waals surface area contributed by atoms with Gasteiger partial charge in [0.1, 0.15) is 17.0 Å². The minimum absolute atomic E-state index is 0.0460. The summed E-state index contributed by atoms with van der Waals surface area (Å²) >= 11 is 6.05. The molecule has 2 N–H and O–H groups in total. The number of amides is 3. The van der Waals surface area contributed by atoms with E-state index in [2.05, 4.69) is 10.3 Å². The van der Waals surface area contributed by atoms with Crippen molar-refractivity contribution in [3.8, 4) is 5.75 Å². The van der Waals surface area contributed by atoms with Gasteiger partial charge in [0.15, 0.2) is 5.70 Å². The molecule has 3 amide bonds. The van der Waals surface area contributed by atoms with Gasteiger partial charge in [-0.25, -0.2) is 14.6 Å². The Morgan fingerprint density at radius 3 is 2.53 bits per heavy atom. The Morgan fingerprint density at radius 2 is 1.89 bits per heavy atom. The van der Waals surface area contributed by atoms with Gasteiger partial charge in [-0.15, -0.1) is 0 Å². The molecule has 0 aliphatic carbocycles. The number of para-hydroxylation sites is 1. The second kappa shape index (κ2) is 10.4. The monoisotopic (exact) mass is 525 g/mol. The van der Waals surface area contributed by atoms with Crippen LogP contribution in [0.4, 0.5) is 29.3 Å². The molecule has 2 aromatic carbocycles. The van der Waals surface area contributed by atoms with E-state index in [1.807, 2.05) is 5.32 Å². The van der Waals surface area contributed by atoms with Gasteiger partial charge in [0.05, 0.1) is 16.5 Å². The first-order chi connectivity index (χ1) is 16.8. The minimum atomic E-state index is -4.77. The topological polar surface area (TPSA) is 143 Å². The Hall–Kier alpha value is -4.46. The summed E-state index contributed by atoms with van der Waals surface area (Å²) < 4.78 is 43.9. The highest BCUT2D eigenvalue weighted by atomic mass is 35.5. The molecular formula is C21H15ClF3N5O6. The third-order valence-electron chi connectivity index (χ3n) is 4.49. The molecule has 0 atom stereocenters. The third kappa shape index (κ3) is 6.35. The number of esters is 1. The summed E-state index contributed by atoms with van der Waals surface area (Å²) in [7, 11) is 1.33. The predicted octanol–water partition coefficient (Wildman–Crippen LogP) is 3.91. The molecule has 0 bridgehead atoms. The van der Waals surface area contributed by atoms with Crippen LogP contribution in [0.5, 0.6) is 5.75 Å². The fraction of sp³-hybridized carbons (Fsp3) is 0.143. The number of nitro groups is 1. The maximum absolute atomic E-state index is 13.0. The van der Waals surface area contributed by atoms with E-state index in [9.17, 15) is 37.7 Å². The molecule has 2 aromatic rings. The van der Waals surface area contributed by atoms with E-state index in [4.69, 9.17) is 16.3 Å². The number of carbonyl (C=O) groups is 3. The summed E-state index contributed by atoms with van der Waals surface area (Å²) in [4.78, 5) is 51.4. The summed E-state index contributed by atoms with van der Waals surface area (Å²) in [5, 5.41) is 15.1. The summed E-state index contributed by atoms with van der Waals surface area (Å²) in [5.41, 5.74) is -2.56. The van der Waals surface area contributed by atoms with Gasteiger partial charge in [-0.05, 0) is 24.3 Å². The number of halogens is 4. The molecule has 0 saturated heterocycles. The second-order valence-corrected chi connectivity index (χ2v) is 7.61. The second-order valence-electron chi connectivity index (χ2n) is 7.20. The number of hydrogen-bond donors (Lipinski definition) is 2. The lowest BCUT2D eigenvalue weighted by atomic mass is 10.1. The number of nitro benzene ring substituents is 1. The number of imide groups is 1. The third-order valence-corrected chi connectivity index (χ3v) is 4.78. The molecule has 0 aromatic heterocycles. The van der Waals surface area contributed by atoms with Crippen molar-refractivity contribution in [2.75, 3.05) is 18.9 Å². The van der Waals surface area contributed by atoms with E-state index in [-0.39, 0.29) is 28.6 Å². The molecule has 11 nitrogen and oxygen atoms in total. The van der Waals surface area contributed by atoms with E-state index in [0.29, 0.717) is 0 Å². The lowest BCUT2D eigenvalue weighted by Crippen LogP contribution is -2.35. The number of carbonyl (C=O) groups excluding carboxylic acids is 3. The maximum atomic E-state index is 13.0. The highest BCUT2D eigenvalue weighted by molar-refractivity contribution is 6.39. The maximum Gasteiger partial charge on any atom is 0.434 e. The molecule has 0 spiro atoms. The van der Waals surface area contributed by atoms with Crippen molar-refractivity contribution < 1.29 is 37.2 Å². The predicted molar refractivity (Wildman–Crippen MR) is 121 cm³/mol. The lowest BCUT2D eigenvalue weighted by Gasteiger charge is -2.22. The van der Waals surface area contributed by atoms with E-state index in [1.165, 1.54) is 31.3 Å². The molecule has 15 heteroatoms. The number of nitrogens with one attached hydrogen (secondary N) is 2. The SMILES string of the molecule is CN1C=C(C(F)(F)F)N=C(C(=O)Oc2ccc(NC(=O)NC(=O)c3ccccc3[N+](=O)[O-])cc2Cl)C1. The number of anilines is 1. The van der Waals surface area contributed by atoms with Crippen LogP contribution in [0, 0.1) is 10.1 Å². The molecule has 188 valence electrons. The van der Waals surface area contributed by atoms with Gasteiger partial charge in [-0.1, -0.05) is 23.7 Å². The summed E-state index contributed by atoms with van der Waals surface area (Å²) in [6.07, 6.45) is -4.02. The fourth-order valence-electron chi connectivity index (χ4n) is 2.92. The van der Waals surface area contributed by atoms with E-state index >= 15 is 0 Å². The number of ether oxygens (including phenoxy) is 1. The van der Waals surface area contributed by atoms with Crippen LogP contribution in [0.1, 0.15) is 10.4 Å². The van der Waals surface area contributed by atoms with Crippen LogP contribution >= 0.6 is 11.6 Å². The van der Waals surface area contributed by atoms with Crippen molar-refractivity contribution in [3.05, 3.63) is 75.1 Å². The van der Waals surface area contributed by atoms with Crippen LogP contribution < -0.4 is 15.4 Å². The normalized spacial score (nSPS) is 13.3. The quantitative estimate of drug-likeness (QED) is 0.261. The van der Waals surface area contributed by atoms with Gasteiger partial charge in [-0.3, -0.25) is 20.2 Å². The molecule has 0 fully saturated rings. The Morgan fingerprint density at radius 1 is 1.19 bits per heavy atom. The molecule has 0 unspecified atom stereocenters. The zero-order valence-corrected chi connectivity index (χ0v) is 18.9. The number of aliphatic imine (C=N–C) groups is 1. The van der Waals surface area contributed by atoms with Gasteiger partial charge in [0.2, 0.25) is 0 Å². The van der Waals surface area contributed by atoms with E-state index < -0.39 is 46.1 Å². The van der Waals surface area contributed by atoms with Crippen molar-refractivity contribution in [2.45, 2.75) is 6.18 Å². The Bertz CT molecular complexity index is 1310. The number of allylic oxidation sites excluding steroid dienone is 1. The van der Waals surface area contributed by atoms with Gasteiger partial charge >= 0.3 is 18.2 Å². The van der Waals surface area contributed by atoms with Crippen LogP contribution in [0.15, 0.2) is 59.4 Å². The number of urea groups is 1. The molecule has 0 radical (unpaired) electrons. The zero-order chi connectivity index (χ0) is 26.6. The largest absolute Gasteiger partial charge is 0.434 e. The molecule has 1 aliphatic rings. The lowest BCUT2D eigenvalue weighted by molar-refractivity contribution is -0.385. The van der Waals surface area contributed by atoms with Gasteiger partial charge in [0.25, 0.3) is 11.6 Å². The van der Waals surface area contributed by atoms with E-state index in [1.54, 1.807) is 0 Å². The van der Waals surface area contributed by atoms with Crippen molar-refractivity contribution in [2.24, 2.45) is 4.99 Å². The zero-order valence-electron chi connectivity index (χ0n) is 18.1. The highest BCUT2D eigenvalue weighted by Crippen LogP contribution is 2.30. The van der Waals surface area contributed by atoms with Gasteiger partial charge in [-0.2, -0.15) is 13.2 Å². The van der Waals surface area contributed by atoms with Crippen LogP contribution in [0.2, 0.25) is 5.02 Å². The Labute approximate surface area is 205 Å². The van der Waals surface area contributed by atoms with Crippen LogP contribution in [0.3, 0.4) is 0 Å². The van der Waals surface area contributed by atoms with Crippen molar-refractivity contribution >= 4 is 46.6 Å². The molecule has 0 saturated carbocycles. The smallest absolute Gasteiger partial charge is 0.420 e. The molecular weight excluding hydrogens is 511 g/mol.